The van der Waals surface area contributed by atoms with Crippen LogP contribution in [0, 0.1) is 0 Å². The van der Waals surface area contributed by atoms with Crippen LogP contribution in [0.1, 0.15) is 31.2 Å². The van der Waals surface area contributed by atoms with Crippen LogP contribution in [0.25, 0.3) is 0 Å². The lowest BCUT2D eigenvalue weighted by molar-refractivity contribution is -0.140. The third kappa shape index (κ3) is 4.43. The molecule has 3 saturated heterocycles. The molecular formula is C19H26N4O6S. The Morgan fingerprint density at radius 1 is 1.13 bits per heavy atom. The Kier molecular flexibility index (Phi) is 5.96. The van der Waals surface area contributed by atoms with Crippen molar-refractivity contribution in [2.45, 2.75) is 50.4 Å². The van der Waals surface area contributed by atoms with Crippen LogP contribution in [0.3, 0.4) is 0 Å². The van der Waals surface area contributed by atoms with Crippen LogP contribution in [0.2, 0.25) is 0 Å². The van der Waals surface area contributed by atoms with E-state index in [1.54, 1.807) is 4.90 Å². The lowest BCUT2D eigenvalue weighted by Gasteiger charge is -2.33. The molecule has 4 rings (SSSR count). The van der Waals surface area contributed by atoms with Gasteiger partial charge in [-0.05, 0) is 31.2 Å². The Morgan fingerprint density at radius 2 is 1.83 bits per heavy atom. The van der Waals surface area contributed by atoms with Gasteiger partial charge in [0.2, 0.25) is 5.91 Å². The summed E-state index contributed by atoms with van der Waals surface area (Å²) in [6.45, 7) is 1.05. The van der Waals surface area contributed by atoms with Gasteiger partial charge in [0.1, 0.15) is 12.6 Å². The summed E-state index contributed by atoms with van der Waals surface area (Å²) in [7, 11) is -4.20. The zero-order chi connectivity index (χ0) is 21.3. The number of hydroxylamine groups is 2. The second-order valence-electron chi connectivity index (χ2n) is 7.93. The highest BCUT2D eigenvalue weighted by Gasteiger charge is 2.48. The van der Waals surface area contributed by atoms with Crippen LogP contribution in [-0.4, -0.2) is 76.9 Å². The van der Waals surface area contributed by atoms with E-state index in [2.05, 4.69) is 5.32 Å². The first-order chi connectivity index (χ1) is 14.3. The molecule has 3 heterocycles. The van der Waals surface area contributed by atoms with Crippen LogP contribution in [0.4, 0.5) is 4.79 Å². The van der Waals surface area contributed by atoms with E-state index in [1.807, 2.05) is 30.3 Å². The van der Waals surface area contributed by atoms with E-state index in [-0.39, 0.29) is 37.1 Å². The van der Waals surface area contributed by atoms with Gasteiger partial charge in [-0.2, -0.15) is 17.8 Å². The summed E-state index contributed by atoms with van der Waals surface area (Å²) in [5.74, 6) is -0.225. The predicted octanol–water partition coefficient (Wildman–Crippen LogP) is 0.770. The summed E-state index contributed by atoms with van der Waals surface area (Å²) in [5, 5.41) is 4.34. The van der Waals surface area contributed by atoms with Gasteiger partial charge in [-0.1, -0.05) is 30.3 Å². The molecule has 3 aliphatic rings. The number of hydrogen-bond acceptors (Lipinski definition) is 5. The largest absolute Gasteiger partial charge is 0.351 e. The molecule has 11 heteroatoms. The normalized spacial score (nSPS) is 25.6. The van der Waals surface area contributed by atoms with Gasteiger partial charge < -0.3 is 10.2 Å². The minimum atomic E-state index is -4.20. The highest BCUT2D eigenvalue weighted by atomic mass is 32.2. The minimum absolute atomic E-state index is 0.0664. The van der Waals surface area contributed by atoms with E-state index in [0.29, 0.717) is 38.8 Å². The van der Waals surface area contributed by atoms with Crippen molar-refractivity contribution in [2.75, 3.05) is 19.6 Å². The van der Waals surface area contributed by atoms with E-state index >= 15 is 0 Å². The zero-order valence-electron chi connectivity index (χ0n) is 16.5. The molecule has 3 amide bonds. The van der Waals surface area contributed by atoms with Crippen LogP contribution < -0.4 is 5.32 Å². The van der Waals surface area contributed by atoms with Gasteiger partial charge in [-0.25, -0.2) is 4.79 Å². The van der Waals surface area contributed by atoms with Crippen molar-refractivity contribution in [3.63, 3.8) is 0 Å². The molecule has 0 aliphatic carbocycles. The van der Waals surface area contributed by atoms with Crippen molar-refractivity contribution in [3.8, 4) is 0 Å². The zero-order valence-corrected chi connectivity index (χ0v) is 17.3. The Labute approximate surface area is 175 Å². The quantitative estimate of drug-likeness (QED) is 0.633. The van der Waals surface area contributed by atoms with E-state index in [1.165, 1.54) is 5.06 Å². The van der Waals surface area contributed by atoms with Gasteiger partial charge in [0.25, 0.3) is 0 Å². The number of fused-ring (bicyclic) bond motifs is 2. The fourth-order valence-corrected chi connectivity index (χ4v) is 4.99. The van der Waals surface area contributed by atoms with E-state index in [9.17, 15) is 18.0 Å². The second kappa shape index (κ2) is 8.50. The number of rotatable bonds is 6. The molecule has 30 heavy (non-hydrogen) atoms. The fraction of sp³-hybridized carbons (Fsp3) is 0.579. The van der Waals surface area contributed by atoms with E-state index in [4.69, 9.17) is 9.39 Å². The van der Waals surface area contributed by atoms with Crippen LogP contribution in [-0.2, 0) is 26.5 Å². The maximum Gasteiger partial charge on any atom is 0.345 e. The fourth-order valence-electron chi connectivity index (χ4n) is 4.32. The number of benzene rings is 1. The van der Waals surface area contributed by atoms with Gasteiger partial charge in [-0.15, -0.1) is 0 Å². The lowest BCUT2D eigenvalue weighted by Crippen LogP contribution is -2.54. The van der Waals surface area contributed by atoms with Gasteiger partial charge in [0.05, 0.1) is 6.04 Å². The molecule has 0 aromatic heterocycles. The number of carbonyl (C=O) groups excluding carboxylic acids is 2. The average Bonchev–Trinajstić information content (AvgIpc) is 2.96. The number of piperidine rings is 2. The molecule has 10 nitrogen and oxygen atoms in total. The minimum Gasteiger partial charge on any atom is -0.351 e. The first-order valence-corrected chi connectivity index (χ1v) is 11.5. The third-order valence-corrected chi connectivity index (χ3v) is 6.98. The summed E-state index contributed by atoms with van der Waals surface area (Å²) in [4.78, 5) is 33.0. The number of amides is 3. The molecular weight excluding hydrogens is 412 g/mol. The SMILES string of the molecule is O=C(NC1CCN(S(=O)(=O)O)CC1)[C@@H]1CC[C@@H]2CN1C(=O)N2OCc1ccccc1. The smallest absolute Gasteiger partial charge is 0.345 e. The maximum absolute atomic E-state index is 12.8. The molecule has 0 saturated carbocycles. The highest BCUT2D eigenvalue weighted by molar-refractivity contribution is 7.83. The summed E-state index contributed by atoms with van der Waals surface area (Å²) in [6.07, 6.45) is 2.07. The topological polar surface area (TPSA) is 119 Å². The molecule has 2 N–H and O–H groups in total. The summed E-state index contributed by atoms with van der Waals surface area (Å²) in [5.41, 5.74) is 0.965. The molecule has 2 atom stereocenters. The predicted molar refractivity (Wildman–Crippen MR) is 106 cm³/mol. The Balaban J connectivity index is 1.31. The molecule has 1 aromatic carbocycles. The van der Waals surface area contributed by atoms with Crippen LogP contribution in [0.5, 0.6) is 0 Å². The standard InChI is InChI=1S/C19H26N4O6S/c24-18(20-15-8-10-21(11-9-15)30(26,27)28)17-7-6-16-12-22(17)19(25)23(16)29-13-14-4-2-1-3-5-14/h1-5,15-17H,6-13H2,(H,20,24)(H,26,27,28)/t16-,17+/m1/s1. The third-order valence-electron chi connectivity index (χ3n) is 5.97. The van der Waals surface area contributed by atoms with Gasteiger partial charge in [0.15, 0.2) is 0 Å². The number of nitrogens with one attached hydrogen (secondary N) is 1. The molecule has 3 fully saturated rings. The molecule has 164 valence electrons. The highest BCUT2D eigenvalue weighted by Crippen LogP contribution is 2.31. The average molecular weight is 439 g/mol. The molecule has 0 spiro atoms. The number of carbonyl (C=O) groups is 2. The Morgan fingerprint density at radius 3 is 2.50 bits per heavy atom. The van der Waals surface area contributed by atoms with Crippen molar-refractivity contribution in [2.24, 2.45) is 0 Å². The maximum atomic E-state index is 12.8. The number of hydrogen-bond donors (Lipinski definition) is 2. The van der Waals surface area contributed by atoms with Gasteiger partial charge >= 0.3 is 16.3 Å². The van der Waals surface area contributed by atoms with E-state index < -0.39 is 16.3 Å². The van der Waals surface area contributed by atoms with Crippen molar-refractivity contribution < 1.29 is 27.4 Å². The van der Waals surface area contributed by atoms with Crippen molar-refractivity contribution in [1.82, 2.24) is 19.6 Å². The van der Waals surface area contributed by atoms with Crippen LogP contribution in [0.15, 0.2) is 30.3 Å². The molecule has 3 aliphatic heterocycles. The monoisotopic (exact) mass is 438 g/mol. The first-order valence-electron chi connectivity index (χ1n) is 10.1. The number of urea groups is 1. The van der Waals surface area contributed by atoms with Crippen molar-refractivity contribution in [3.05, 3.63) is 35.9 Å². The van der Waals surface area contributed by atoms with Crippen LogP contribution >= 0.6 is 0 Å². The molecule has 0 radical (unpaired) electrons. The van der Waals surface area contributed by atoms with E-state index in [0.717, 1.165) is 9.87 Å². The summed E-state index contributed by atoms with van der Waals surface area (Å²) in [6, 6.07) is 8.49. The lowest BCUT2D eigenvalue weighted by atomic mass is 9.99. The summed E-state index contributed by atoms with van der Waals surface area (Å²) >= 11 is 0. The number of nitrogens with zero attached hydrogens (tertiary/aromatic N) is 3. The molecule has 2 bridgehead atoms. The molecule has 1 aromatic rings. The Bertz CT molecular complexity index is 888. The first kappa shape index (κ1) is 21.0. The second-order valence-corrected chi connectivity index (χ2v) is 9.34. The molecule has 0 unspecified atom stereocenters. The van der Waals surface area contributed by atoms with Gasteiger partial charge in [-0.3, -0.25) is 14.2 Å². The van der Waals surface area contributed by atoms with Crippen molar-refractivity contribution in [1.29, 1.82) is 0 Å². The summed E-state index contributed by atoms with van der Waals surface area (Å²) < 4.78 is 32.5. The van der Waals surface area contributed by atoms with Gasteiger partial charge in [0, 0.05) is 25.7 Å². The van der Waals surface area contributed by atoms with Crippen molar-refractivity contribution >= 4 is 22.2 Å². The Hall–Kier alpha value is -2.21.